The van der Waals surface area contributed by atoms with Gasteiger partial charge in [-0.15, -0.1) is 0 Å². The molecule has 6 heteroatoms. The summed E-state index contributed by atoms with van der Waals surface area (Å²) in [6, 6.07) is 10.0. The van der Waals surface area contributed by atoms with E-state index in [1.165, 1.54) is 24.8 Å². The first-order valence-corrected chi connectivity index (χ1v) is 9.95. The maximum atomic E-state index is 12.7. The summed E-state index contributed by atoms with van der Waals surface area (Å²) in [5.74, 6) is 0.621. The van der Waals surface area contributed by atoms with Gasteiger partial charge in [-0.25, -0.2) is 4.98 Å². The Morgan fingerprint density at radius 2 is 1.93 bits per heavy atom. The SMILES string of the molecule is CCCCCN(CC)Cc1cc(=O)n2c(n1)NC(c1ccc(C)cc1)N2C. The number of anilines is 1. The molecule has 1 N–H and O–H groups in total. The lowest BCUT2D eigenvalue weighted by Crippen LogP contribution is -2.37. The van der Waals surface area contributed by atoms with Crippen molar-refractivity contribution in [3.63, 3.8) is 0 Å². The van der Waals surface area contributed by atoms with Gasteiger partial charge in [0.1, 0.15) is 6.17 Å². The van der Waals surface area contributed by atoms with Crippen LogP contribution in [0.25, 0.3) is 0 Å². The molecule has 146 valence electrons. The standard InChI is InChI=1S/C21H31N5O/c1-5-7-8-13-25(6-2)15-18-14-19(27)26-21(22-18)23-20(24(26)4)17-11-9-16(3)10-12-17/h9-12,14,20H,5-8,13,15H2,1-4H3,(H,22,23). The fraction of sp³-hybridized carbons (Fsp3) is 0.524. The van der Waals surface area contributed by atoms with E-state index >= 15 is 0 Å². The van der Waals surface area contributed by atoms with E-state index in [-0.39, 0.29) is 11.7 Å². The summed E-state index contributed by atoms with van der Waals surface area (Å²) in [6.07, 6.45) is 3.55. The molecular weight excluding hydrogens is 338 g/mol. The molecule has 2 heterocycles. The Morgan fingerprint density at radius 3 is 2.59 bits per heavy atom. The lowest BCUT2D eigenvalue weighted by molar-refractivity contribution is 0.270. The van der Waals surface area contributed by atoms with Crippen molar-refractivity contribution in [2.45, 2.75) is 52.7 Å². The van der Waals surface area contributed by atoms with Crippen LogP contribution in [0.2, 0.25) is 0 Å². The molecule has 1 aliphatic rings. The highest BCUT2D eigenvalue weighted by atomic mass is 16.1. The molecule has 1 unspecified atom stereocenters. The van der Waals surface area contributed by atoms with Crippen molar-refractivity contribution in [1.29, 1.82) is 0 Å². The molecule has 27 heavy (non-hydrogen) atoms. The number of fused-ring (bicyclic) bond motifs is 1. The molecule has 0 radical (unpaired) electrons. The lowest BCUT2D eigenvalue weighted by Gasteiger charge is -2.22. The normalized spacial score (nSPS) is 15.9. The molecule has 3 rings (SSSR count). The second-order valence-corrected chi connectivity index (χ2v) is 7.33. The van der Waals surface area contributed by atoms with Gasteiger partial charge in [-0.3, -0.25) is 14.7 Å². The Balaban J connectivity index is 1.78. The highest BCUT2D eigenvalue weighted by Crippen LogP contribution is 2.26. The number of hydrogen-bond donors (Lipinski definition) is 1. The molecule has 2 aromatic rings. The predicted octanol–water partition coefficient (Wildman–Crippen LogP) is 3.26. The van der Waals surface area contributed by atoms with Gasteiger partial charge in [0.2, 0.25) is 5.95 Å². The van der Waals surface area contributed by atoms with Gasteiger partial charge < -0.3 is 5.32 Å². The van der Waals surface area contributed by atoms with Crippen LogP contribution >= 0.6 is 0 Å². The van der Waals surface area contributed by atoms with Crippen molar-refractivity contribution >= 4 is 5.95 Å². The molecule has 1 aromatic heterocycles. The number of nitrogens with zero attached hydrogens (tertiary/aromatic N) is 4. The smallest absolute Gasteiger partial charge is 0.274 e. The number of hydrogen-bond acceptors (Lipinski definition) is 5. The predicted molar refractivity (Wildman–Crippen MR) is 111 cm³/mol. The molecule has 6 nitrogen and oxygen atoms in total. The second kappa shape index (κ2) is 8.57. The van der Waals surface area contributed by atoms with Crippen LogP contribution in [0.1, 0.15) is 56.1 Å². The third-order valence-electron chi connectivity index (χ3n) is 5.21. The largest absolute Gasteiger partial charge is 0.329 e. The van der Waals surface area contributed by atoms with Gasteiger partial charge in [0.05, 0.1) is 5.69 Å². The first-order valence-electron chi connectivity index (χ1n) is 9.95. The maximum absolute atomic E-state index is 12.7. The quantitative estimate of drug-likeness (QED) is 0.724. The average Bonchev–Trinajstić information content (AvgIpc) is 2.98. The Bertz CT molecular complexity index is 814. The van der Waals surface area contributed by atoms with E-state index in [2.05, 4.69) is 55.3 Å². The summed E-state index contributed by atoms with van der Waals surface area (Å²) in [5, 5.41) is 5.32. The Hall–Kier alpha value is -2.34. The fourth-order valence-electron chi connectivity index (χ4n) is 3.55. The summed E-state index contributed by atoms with van der Waals surface area (Å²) in [4.78, 5) is 19.8. The fourth-order valence-corrected chi connectivity index (χ4v) is 3.55. The van der Waals surface area contributed by atoms with Crippen LogP contribution in [0.5, 0.6) is 0 Å². The molecule has 0 fully saturated rings. The Morgan fingerprint density at radius 1 is 1.19 bits per heavy atom. The number of unbranched alkanes of at least 4 members (excludes halogenated alkanes) is 2. The number of nitrogens with one attached hydrogen (secondary N) is 1. The van der Waals surface area contributed by atoms with Gasteiger partial charge in [-0.2, -0.15) is 4.68 Å². The summed E-state index contributed by atoms with van der Waals surface area (Å²) >= 11 is 0. The zero-order chi connectivity index (χ0) is 19.4. The van der Waals surface area contributed by atoms with Crippen LogP contribution < -0.4 is 15.9 Å². The summed E-state index contributed by atoms with van der Waals surface area (Å²) < 4.78 is 1.63. The van der Waals surface area contributed by atoms with E-state index < -0.39 is 0 Å². The molecular formula is C21H31N5O. The van der Waals surface area contributed by atoms with E-state index in [1.807, 2.05) is 12.1 Å². The van der Waals surface area contributed by atoms with E-state index in [0.29, 0.717) is 12.5 Å². The maximum Gasteiger partial charge on any atom is 0.274 e. The van der Waals surface area contributed by atoms with Crippen molar-refractivity contribution in [1.82, 2.24) is 14.6 Å². The van der Waals surface area contributed by atoms with Crippen LogP contribution in [-0.4, -0.2) is 34.7 Å². The minimum absolute atomic E-state index is 0.0378. The van der Waals surface area contributed by atoms with E-state index in [0.717, 1.165) is 24.3 Å². The van der Waals surface area contributed by atoms with Crippen molar-refractivity contribution in [2.75, 3.05) is 30.5 Å². The molecule has 0 bridgehead atoms. The lowest BCUT2D eigenvalue weighted by atomic mass is 10.1. The molecule has 1 aliphatic heterocycles. The minimum atomic E-state index is -0.0899. The van der Waals surface area contributed by atoms with E-state index in [9.17, 15) is 4.79 Å². The van der Waals surface area contributed by atoms with Crippen molar-refractivity contribution in [3.8, 4) is 0 Å². The van der Waals surface area contributed by atoms with Crippen LogP contribution in [0.15, 0.2) is 35.1 Å². The zero-order valence-corrected chi connectivity index (χ0v) is 16.9. The molecule has 0 saturated heterocycles. The second-order valence-electron chi connectivity index (χ2n) is 7.33. The first kappa shape index (κ1) is 19.4. The number of rotatable bonds is 8. The summed E-state index contributed by atoms with van der Waals surface area (Å²) in [5.41, 5.74) is 3.13. The number of aromatic nitrogens is 2. The highest BCUT2D eigenvalue weighted by molar-refractivity contribution is 5.42. The van der Waals surface area contributed by atoms with Crippen LogP contribution in [-0.2, 0) is 6.54 Å². The Labute approximate surface area is 161 Å². The van der Waals surface area contributed by atoms with Crippen LogP contribution in [0.3, 0.4) is 0 Å². The molecule has 0 saturated carbocycles. The monoisotopic (exact) mass is 369 g/mol. The summed E-state index contributed by atoms with van der Waals surface area (Å²) in [6.45, 7) is 9.16. The minimum Gasteiger partial charge on any atom is -0.329 e. The molecule has 1 aromatic carbocycles. The Kier molecular flexibility index (Phi) is 6.16. The van der Waals surface area contributed by atoms with Gasteiger partial charge in [-0.05, 0) is 32.0 Å². The zero-order valence-electron chi connectivity index (χ0n) is 16.9. The van der Waals surface area contributed by atoms with E-state index in [1.54, 1.807) is 10.7 Å². The van der Waals surface area contributed by atoms with Gasteiger partial charge >= 0.3 is 0 Å². The van der Waals surface area contributed by atoms with Crippen molar-refractivity contribution in [2.24, 2.45) is 0 Å². The van der Waals surface area contributed by atoms with Crippen molar-refractivity contribution in [3.05, 3.63) is 57.5 Å². The third-order valence-corrected chi connectivity index (χ3v) is 5.21. The number of aryl methyl sites for hydroxylation is 1. The molecule has 1 atom stereocenters. The van der Waals surface area contributed by atoms with Crippen molar-refractivity contribution < 1.29 is 0 Å². The van der Waals surface area contributed by atoms with Crippen LogP contribution in [0, 0.1) is 6.92 Å². The van der Waals surface area contributed by atoms with Gasteiger partial charge in [0, 0.05) is 19.7 Å². The molecule has 0 amide bonds. The van der Waals surface area contributed by atoms with Gasteiger partial charge in [0.15, 0.2) is 0 Å². The number of benzene rings is 1. The van der Waals surface area contributed by atoms with Gasteiger partial charge in [0.25, 0.3) is 5.56 Å². The van der Waals surface area contributed by atoms with Gasteiger partial charge in [-0.1, -0.05) is 56.5 Å². The van der Waals surface area contributed by atoms with Crippen LogP contribution in [0.4, 0.5) is 5.95 Å². The summed E-state index contributed by atoms with van der Waals surface area (Å²) in [7, 11) is 1.92. The topological polar surface area (TPSA) is 53.4 Å². The first-order chi connectivity index (χ1) is 13.0. The average molecular weight is 370 g/mol. The van der Waals surface area contributed by atoms with E-state index in [4.69, 9.17) is 4.98 Å². The highest BCUT2D eigenvalue weighted by Gasteiger charge is 2.29. The molecule has 0 aliphatic carbocycles. The third kappa shape index (κ3) is 4.33. The molecule has 0 spiro atoms.